The summed E-state index contributed by atoms with van der Waals surface area (Å²) in [5.41, 5.74) is -0.256. The molecule has 0 heterocycles. The standard InChI is InChI=1S/C9H9BrN2O4S/c10-6-1-4-9(12(13)14)8(5-6)11-17(15,16)7-2-3-7/h1,4-5,7,11H,2-3H2. The second-order valence-corrected chi connectivity index (χ2v) is 6.64. The molecule has 1 aliphatic carbocycles. The summed E-state index contributed by atoms with van der Waals surface area (Å²) in [7, 11) is -3.49. The van der Waals surface area contributed by atoms with Crippen LogP contribution in [0.2, 0.25) is 0 Å². The predicted octanol–water partition coefficient (Wildman–Crippen LogP) is 2.26. The van der Waals surface area contributed by atoms with Crippen molar-refractivity contribution in [2.75, 3.05) is 4.72 Å². The number of anilines is 1. The number of hydrogen-bond acceptors (Lipinski definition) is 4. The lowest BCUT2D eigenvalue weighted by atomic mass is 10.3. The molecular formula is C9H9BrN2O4S. The van der Waals surface area contributed by atoms with Crippen molar-refractivity contribution in [3.63, 3.8) is 0 Å². The highest BCUT2D eigenvalue weighted by Gasteiger charge is 2.36. The Hall–Kier alpha value is -1.15. The van der Waals surface area contributed by atoms with Gasteiger partial charge in [-0.1, -0.05) is 15.9 Å². The fourth-order valence-corrected chi connectivity index (χ4v) is 3.12. The third kappa shape index (κ3) is 2.75. The average Bonchev–Trinajstić information content (AvgIpc) is 2.99. The molecule has 0 radical (unpaired) electrons. The summed E-state index contributed by atoms with van der Waals surface area (Å²) < 4.78 is 26.3. The van der Waals surface area contributed by atoms with Crippen molar-refractivity contribution >= 4 is 37.3 Å². The zero-order valence-corrected chi connectivity index (χ0v) is 11.0. The second-order valence-electron chi connectivity index (χ2n) is 3.77. The number of nitro groups is 1. The molecule has 6 nitrogen and oxygen atoms in total. The molecule has 0 atom stereocenters. The van der Waals surface area contributed by atoms with Crippen LogP contribution in [0, 0.1) is 10.1 Å². The van der Waals surface area contributed by atoms with Crippen LogP contribution in [0.15, 0.2) is 22.7 Å². The summed E-state index contributed by atoms with van der Waals surface area (Å²) in [6, 6.07) is 4.14. The lowest BCUT2D eigenvalue weighted by Gasteiger charge is -2.07. The van der Waals surface area contributed by atoms with E-state index < -0.39 is 20.2 Å². The fraction of sp³-hybridized carbons (Fsp3) is 0.333. The smallest absolute Gasteiger partial charge is 0.277 e. The van der Waals surface area contributed by atoms with Gasteiger partial charge in [0.05, 0.1) is 10.2 Å². The summed E-state index contributed by atoms with van der Waals surface area (Å²) in [5, 5.41) is 10.3. The molecular weight excluding hydrogens is 312 g/mol. The van der Waals surface area contributed by atoms with Gasteiger partial charge in [-0.3, -0.25) is 14.8 Å². The highest BCUT2D eigenvalue weighted by Crippen LogP contribution is 2.33. The Morgan fingerprint density at radius 1 is 1.41 bits per heavy atom. The summed E-state index contributed by atoms with van der Waals surface area (Å²) in [5.74, 6) is 0. The highest BCUT2D eigenvalue weighted by atomic mass is 79.9. The summed E-state index contributed by atoms with van der Waals surface area (Å²) in [6.45, 7) is 0. The molecule has 0 saturated heterocycles. The summed E-state index contributed by atoms with van der Waals surface area (Å²) in [6.07, 6.45) is 1.22. The van der Waals surface area contributed by atoms with Crippen LogP contribution in [0.5, 0.6) is 0 Å². The molecule has 92 valence electrons. The predicted molar refractivity (Wildman–Crippen MR) is 66.4 cm³/mol. The Bertz CT molecular complexity index is 568. The monoisotopic (exact) mass is 320 g/mol. The molecule has 1 aromatic carbocycles. The summed E-state index contributed by atoms with van der Waals surface area (Å²) >= 11 is 3.15. The van der Waals surface area contributed by atoms with Crippen LogP contribution in [0.3, 0.4) is 0 Å². The van der Waals surface area contributed by atoms with Crippen molar-refractivity contribution in [3.05, 3.63) is 32.8 Å². The van der Waals surface area contributed by atoms with Crippen LogP contribution in [0.25, 0.3) is 0 Å². The van der Waals surface area contributed by atoms with Crippen molar-refractivity contribution in [3.8, 4) is 0 Å². The van der Waals surface area contributed by atoms with Crippen molar-refractivity contribution in [1.82, 2.24) is 0 Å². The van der Waals surface area contributed by atoms with E-state index in [9.17, 15) is 18.5 Å². The van der Waals surface area contributed by atoms with Gasteiger partial charge in [-0.25, -0.2) is 8.42 Å². The van der Waals surface area contributed by atoms with E-state index in [1.54, 1.807) is 0 Å². The minimum Gasteiger partial charge on any atom is -0.277 e. The van der Waals surface area contributed by atoms with Crippen molar-refractivity contribution in [2.24, 2.45) is 0 Å². The van der Waals surface area contributed by atoms with E-state index >= 15 is 0 Å². The largest absolute Gasteiger partial charge is 0.293 e. The van der Waals surface area contributed by atoms with Crippen molar-refractivity contribution in [1.29, 1.82) is 0 Å². The Labute approximate surface area is 106 Å². The molecule has 1 aliphatic rings. The van der Waals surface area contributed by atoms with Crippen LogP contribution < -0.4 is 4.72 Å². The normalized spacial score (nSPS) is 15.6. The van der Waals surface area contributed by atoms with Gasteiger partial charge in [0, 0.05) is 10.5 Å². The quantitative estimate of drug-likeness (QED) is 0.680. The molecule has 0 aliphatic heterocycles. The third-order valence-corrected chi connectivity index (χ3v) is 4.72. The van der Waals surface area contributed by atoms with Gasteiger partial charge >= 0.3 is 0 Å². The highest BCUT2D eigenvalue weighted by molar-refractivity contribution is 9.10. The van der Waals surface area contributed by atoms with E-state index in [0.29, 0.717) is 17.3 Å². The summed E-state index contributed by atoms with van der Waals surface area (Å²) in [4.78, 5) is 10.1. The van der Waals surface area contributed by atoms with Crippen molar-refractivity contribution < 1.29 is 13.3 Å². The average molecular weight is 321 g/mol. The van der Waals surface area contributed by atoms with E-state index in [1.165, 1.54) is 18.2 Å². The molecule has 1 N–H and O–H groups in total. The molecule has 8 heteroatoms. The number of nitrogens with zero attached hydrogens (tertiary/aromatic N) is 1. The van der Waals surface area contributed by atoms with Gasteiger partial charge in [0.2, 0.25) is 10.0 Å². The van der Waals surface area contributed by atoms with Gasteiger partial charge in [-0.05, 0) is 25.0 Å². The van der Waals surface area contributed by atoms with Gasteiger partial charge in [-0.15, -0.1) is 0 Å². The first kappa shape index (κ1) is 12.3. The van der Waals surface area contributed by atoms with Gasteiger partial charge in [0.15, 0.2) is 0 Å². The van der Waals surface area contributed by atoms with E-state index in [1.807, 2.05) is 0 Å². The lowest BCUT2D eigenvalue weighted by molar-refractivity contribution is -0.383. The zero-order valence-electron chi connectivity index (χ0n) is 8.59. The molecule has 0 bridgehead atoms. The number of sulfonamides is 1. The van der Waals surface area contributed by atoms with Crippen LogP contribution in [-0.4, -0.2) is 18.6 Å². The van der Waals surface area contributed by atoms with E-state index in [2.05, 4.69) is 20.7 Å². The van der Waals surface area contributed by atoms with Gasteiger partial charge in [0.25, 0.3) is 5.69 Å². The van der Waals surface area contributed by atoms with Crippen molar-refractivity contribution in [2.45, 2.75) is 18.1 Å². The number of nitrogens with one attached hydrogen (secondary N) is 1. The number of rotatable bonds is 4. The third-order valence-electron chi connectivity index (χ3n) is 2.37. The maximum absolute atomic E-state index is 11.7. The number of nitro benzene ring substituents is 1. The minimum absolute atomic E-state index is 0.00345. The Morgan fingerprint density at radius 3 is 2.59 bits per heavy atom. The van der Waals surface area contributed by atoms with Crippen LogP contribution in [-0.2, 0) is 10.0 Å². The molecule has 1 saturated carbocycles. The Kier molecular flexibility index (Phi) is 3.09. The van der Waals surface area contributed by atoms with E-state index in [0.717, 1.165) is 0 Å². The SMILES string of the molecule is O=[N+]([O-])c1ccc(Br)cc1NS(=O)(=O)C1CC1. The molecule has 0 spiro atoms. The maximum atomic E-state index is 11.7. The number of hydrogen-bond donors (Lipinski definition) is 1. The van der Waals surface area contributed by atoms with Crippen LogP contribution >= 0.6 is 15.9 Å². The first-order valence-electron chi connectivity index (χ1n) is 4.86. The molecule has 1 aromatic rings. The molecule has 0 amide bonds. The number of halogens is 1. The number of benzene rings is 1. The molecule has 0 unspecified atom stereocenters. The molecule has 17 heavy (non-hydrogen) atoms. The minimum atomic E-state index is -3.49. The molecule has 2 rings (SSSR count). The molecule has 0 aromatic heterocycles. The van der Waals surface area contributed by atoms with Crippen LogP contribution in [0.4, 0.5) is 11.4 Å². The van der Waals surface area contributed by atoms with E-state index in [-0.39, 0.29) is 11.4 Å². The Balaban J connectivity index is 2.37. The second kappa shape index (κ2) is 4.26. The van der Waals surface area contributed by atoms with Gasteiger partial charge < -0.3 is 0 Å². The first-order valence-corrected chi connectivity index (χ1v) is 7.19. The van der Waals surface area contributed by atoms with Gasteiger partial charge in [0.1, 0.15) is 5.69 Å². The maximum Gasteiger partial charge on any atom is 0.293 e. The zero-order chi connectivity index (χ0) is 12.6. The van der Waals surface area contributed by atoms with Crippen LogP contribution in [0.1, 0.15) is 12.8 Å². The topological polar surface area (TPSA) is 89.3 Å². The Morgan fingerprint density at radius 2 is 2.06 bits per heavy atom. The fourth-order valence-electron chi connectivity index (χ4n) is 1.36. The van der Waals surface area contributed by atoms with Gasteiger partial charge in [-0.2, -0.15) is 0 Å². The van der Waals surface area contributed by atoms with E-state index in [4.69, 9.17) is 0 Å². The molecule has 1 fully saturated rings. The first-order chi connectivity index (χ1) is 7.90. The lowest BCUT2D eigenvalue weighted by Crippen LogP contribution is -2.18.